The predicted octanol–water partition coefficient (Wildman–Crippen LogP) is 1.48. The van der Waals surface area contributed by atoms with Gasteiger partial charge in [-0.2, -0.15) is 12.6 Å². The number of carbonyl (C=O) groups is 8. The van der Waals surface area contributed by atoms with Gasteiger partial charge in [0.1, 0.15) is 29.8 Å². The molecule has 0 saturated carbocycles. The number of hydrogen-bond donors (Lipinski definition) is 11. The molecule has 18 nitrogen and oxygen atoms in total. The molecule has 0 fully saturated rings. The molecule has 382 valence electrons. The molecule has 1 unspecified atom stereocenters. The Hall–Kier alpha value is -3.67. The van der Waals surface area contributed by atoms with Gasteiger partial charge in [-0.1, -0.05) is 74.4 Å². The van der Waals surface area contributed by atoms with Crippen molar-refractivity contribution in [3.05, 3.63) is 36.0 Å². The molecule has 0 saturated heterocycles. The van der Waals surface area contributed by atoms with Crippen LogP contribution in [-0.4, -0.2) is 159 Å². The maximum absolute atomic E-state index is 14.7. The van der Waals surface area contributed by atoms with Gasteiger partial charge >= 0.3 is 0 Å². The number of Topliss-reactive ketones (excluding diaryl/α,β-unsaturated/α-hetero) is 5. The monoisotopic (exact) mass is 1010 g/mol. The Labute approximate surface area is 413 Å². The average Bonchev–Trinajstić information content (AvgIpc) is 3.70. The van der Waals surface area contributed by atoms with Gasteiger partial charge in [0.05, 0.1) is 36.5 Å². The van der Waals surface area contributed by atoms with E-state index in [1.807, 2.05) is 45.0 Å². The summed E-state index contributed by atoms with van der Waals surface area (Å²) in [6.45, 7) is 13.1. The van der Waals surface area contributed by atoms with Crippen molar-refractivity contribution in [2.45, 2.75) is 134 Å². The van der Waals surface area contributed by atoms with Gasteiger partial charge in [-0.3, -0.25) is 38.4 Å². The van der Waals surface area contributed by atoms with Crippen LogP contribution in [0.2, 0.25) is 0 Å². The van der Waals surface area contributed by atoms with Gasteiger partial charge < -0.3 is 52.2 Å². The molecule has 0 aliphatic rings. The SMILES string of the molecule is CNCC[C@H](NCC(=O)CC[C@@H](CC(SSC(C)(C)C)C(=O)[C@@H](O)C(C)C)C(=O)N[C@@H](Cc1c[nH]c2ccccc12)C(=O)N[C@@H](CS)C(=O)NCC(=O)C(=O)[C@H](C)NC[C@H](CO)[C@@H](C)O)C(C)=O. The third-order valence-electron chi connectivity index (χ3n) is 11.3. The smallest absolute Gasteiger partial charge is 0.243 e. The number of aliphatic hydroxyl groups excluding tert-OH is 3. The van der Waals surface area contributed by atoms with Crippen LogP contribution in [0.1, 0.15) is 86.6 Å². The van der Waals surface area contributed by atoms with Crippen molar-refractivity contribution < 1.29 is 53.7 Å². The first-order valence-electron chi connectivity index (χ1n) is 23.0. The molecule has 68 heavy (non-hydrogen) atoms. The van der Waals surface area contributed by atoms with Crippen LogP contribution in [0, 0.1) is 17.8 Å². The van der Waals surface area contributed by atoms with Gasteiger partial charge in [0.15, 0.2) is 5.78 Å². The van der Waals surface area contributed by atoms with Gasteiger partial charge in [-0.25, -0.2) is 0 Å². The van der Waals surface area contributed by atoms with Crippen molar-refractivity contribution in [3.63, 3.8) is 0 Å². The van der Waals surface area contributed by atoms with Gasteiger partial charge in [-0.05, 0) is 71.2 Å². The summed E-state index contributed by atoms with van der Waals surface area (Å²) < 4.78 is -0.312. The van der Waals surface area contributed by atoms with Gasteiger partial charge in [0.2, 0.25) is 29.3 Å². The number of para-hydroxylation sites is 1. The highest BCUT2D eigenvalue weighted by molar-refractivity contribution is 8.77. The molecular weight excluding hydrogens is 935 g/mol. The van der Waals surface area contributed by atoms with E-state index < -0.39 is 101 Å². The zero-order chi connectivity index (χ0) is 51.3. The van der Waals surface area contributed by atoms with Crippen LogP contribution in [0.15, 0.2) is 30.5 Å². The van der Waals surface area contributed by atoms with Crippen molar-refractivity contribution in [1.29, 1.82) is 0 Å². The summed E-state index contributed by atoms with van der Waals surface area (Å²) >= 11 is 4.27. The van der Waals surface area contributed by atoms with E-state index in [2.05, 4.69) is 49.5 Å². The standard InChI is InChI=1S/C47H75N7O11S3/c1-26(2)41(60)43(62)40(67-68-47(6,7)8)19-30(14-15-33(58)22-51-35(29(5)57)16-17-48-9)44(63)53-37(18-31-20-50-36-13-11-10-12-34(31)36)46(65)54-38(25-66)45(64)52-23-39(59)42(61)27(3)49-21-32(24-55)28(4)56/h10-13,20,26-28,30,32,35,37-38,40-41,48-51,55-56,60,66H,14-19,21-25H2,1-9H3,(H,52,64)(H,53,63)(H,54,65)/t27-,28+,30-,32+,35-,37-,38-,40?,41-/m0/s1. The number of hydrogen-bond acceptors (Lipinski definition) is 17. The zero-order valence-corrected chi connectivity index (χ0v) is 43.3. The summed E-state index contributed by atoms with van der Waals surface area (Å²) in [5.41, 5.74) is 1.42. The van der Waals surface area contributed by atoms with Crippen LogP contribution >= 0.6 is 34.2 Å². The number of carbonyl (C=O) groups excluding carboxylic acids is 8. The van der Waals surface area contributed by atoms with E-state index in [9.17, 15) is 53.7 Å². The highest BCUT2D eigenvalue weighted by Crippen LogP contribution is 2.41. The van der Waals surface area contributed by atoms with E-state index >= 15 is 0 Å². The lowest BCUT2D eigenvalue weighted by Crippen LogP contribution is -2.56. The van der Waals surface area contributed by atoms with E-state index in [1.54, 1.807) is 27.1 Å². The highest BCUT2D eigenvalue weighted by atomic mass is 33.1. The predicted molar refractivity (Wildman–Crippen MR) is 270 cm³/mol. The molecule has 1 heterocycles. The van der Waals surface area contributed by atoms with Crippen LogP contribution < -0.4 is 31.9 Å². The number of thiol groups is 1. The van der Waals surface area contributed by atoms with E-state index in [0.717, 1.165) is 10.9 Å². The molecule has 3 amide bonds. The Morgan fingerprint density at radius 3 is 2.10 bits per heavy atom. The van der Waals surface area contributed by atoms with Gasteiger partial charge in [0, 0.05) is 65.4 Å². The second kappa shape index (κ2) is 30.2. The number of fused-ring (bicyclic) bond motifs is 1. The topological polar surface area (TPSA) is 285 Å². The van der Waals surface area contributed by atoms with E-state index in [0.29, 0.717) is 18.5 Å². The summed E-state index contributed by atoms with van der Waals surface area (Å²) in [4.78, 5) is 111. The third-order valence-corrected chi connectivity index (χ3v) is 15.4. The minimum Gasteiger partial charge on any atom is -0.396 e. The first-order chi connectivity index (χ1) is 31.9. The Morgan fingerprint density at radius 1 is 0.853 bits per heavy atom. The van der Waals surface area contributed by atoms with E-state index in [-0.39, 0.29) is 67.4 Å². The van der Waals surface area contributed by atoms with Crippen LogP contribution in [0.4, 0.5) is 0 Å². The number of H-pyrrole nitrogens is 1. The van der Waals surface area contributed by atoms with Crippen molar-refractivity contribution in [1.82, 2.24) is 36.9 Å². The number of benzene rings is 1. The number of aliphatic hydroxyl groups is 3. The summed E-state index contributed by atoms with van der Waals surface area (Å²) in [7, 11) is 4.40. The van der Waals surface area contributed by atoms with Crippen LogP contribution in [0.3, 0.4) is 0 Å². The van der Waals surface area contributed by atoms with Crippen molar-refractivity contribution in [2.75, 3.05) is 45.6 Å². The number of rotatable bonds is 34. The molecule has 1 aromatic heterocycles. The number of nitrogens with one attached hydrogen (secondary N) is 7. The quantitative estimate of drug-likeness (QED) is 0.0269. The Bertz CT molecular complexity index is 1990. The van der Waals surface area contributed by atoms with Crippen LogP contribution in [0.5, 0.6) is 0 Å². The first kappa shape index (κ1) is 60.5. The molecule has 21 heteroatoms. The van der Waals surface area contributed by atoms with Crippen molar-refractivity contribution in [2.24, 2.45) is 17.8 Å². The first-order valence-corrected chi connectivity index (χ1v) is 25.9. The molecule has 2 rings (SSSR count). The molecule has 0 bridgehead atoms. The number of ketones is 5. The molecule has 0 spiro atoms. The minimum absolute atomic E-state index is 0.0392. The fourth-order valence-corrected chi connectivity index (χ4v) is 9.79. The fraction of sp³-hybridized carbons (Fsp3) is 0.660. The Balaban J connectivity index is 2.45. The molecule has 10 N–H and O–H groups in total. The Kier molecular flexibility index (Phi) is 26.8. The number of aromatic nitrogens is 1. The summed E-state index contributed by atoms with van der Waals surface area (Å²) in [5.74, 6) is -7.22. The van der Waals surface area contributed by atoms with Crippen LogP contribution in [-0.2, 0) is 44.8 Å². The van der Waals surface area contributed by atoms with E-state index in [1.165, 1.54) is 42.4 Å². The molecule has 0 aliphatic heterocycles. The van der Waals surface area contributed by atoms with E-state index in [4.69, 9.17) is 0 Å². The normalized spacial score (nSPS) is 15.9. The lowest BCUT2D eigenvalue weighted by Gasteiger charge is -2.28. The lowest BCUT2D eigenvalue weighted by molar-refractivity contribution is -0.138. The largest absolute Gasteiger partial charge is 0.396 e. The maximum atomic E-state index is 14.7. The summed E-state index contributed by atoms with van der Waals surface area (Å²) in [5, 5.41) is 46.7. The molecule has 0 radical (unpaired) electrons. The zero-order valence-electron chi connectivity index (χ0n) is 40.8. The molecule has 1 aromatic carbocycles. The molecule has 2 aromatic rings. The van der Waals surface area contributed by atoms with Crippen molar-refractivity contribution >= 4 is 91.8 Å². The summed E-state index contributed by atoms with van der Waals surface area (Å²) in [6.07, 6.45) is -0.353. The fourth-order valence-electron chi connectivity index (χ4n) is 6.85. The Morgan fingerprint density at radius 2 is 1.51 bits per heavy atom. The molecular formula is C47H75N7O11S3. The minimum atomic E-state index is -1.33. The van der Waals surface area contributed by atoms with Crippen LogP contribution in [0.25, 0.3) is 10.9 Å². The second-order valence-electron chi connectivity index (χ2n) is 18.5. The lowest BCUT2D eigenvalue weighted by atomic mass is 9.90. The highest BCUT2D eigenvalue weighted by Gasteiger charge is 2.36. The average molecular weight is 1010 g/mol. The third kappa shape index (κ3) is 20.7. The second-order valence-corrected chi connectivity index (χ2v) is 22.1. The number of aromatic amines is 1. The van der Waals surface area contributed by atoms with Crippen molar-refractivity contribution in [3.8, 4) is 0 Å². The summed E-state index contributed by atoms with van der Waals surface area (Å²) in [6, 6.07) is 3.12. The number of amides is 3. The maximum Gasteiger partial charge on any atom is 0.243 e. The molecule has 0 aliphatic carbocycles. The molecule has 9 atom stereocenters. The van der Waals surface area contributed by atoms with Gasteiger partial charge in [0.25, 0.3) is 0 Å². The van der Waals surface area contributed by atoms with Gasteiger partial charge in [-0.15, -0.1) is 0 Å².